The van der Waals surface area contributed by atoms with Crippen molar-refractivity contribution >= 4 is 5.78 Å². The second kappa shape index (κ2) is 5.36. The number of carbonyl (C=O) groups excluding carboxylic acids is 1. The molecule has 1 aliphatic carbocycles. The molecule has 3 rings (SSSR count). The third-order valence-electron chi connectivity index (χ3n) is 4.70. The Balaban J connectivity index is 1.76. The Morgan fingerprint density at radius 3 is 3.11 bits per heavy atom. The predicted molar refractivity (Wildman–Crippen MR) is 75.7 cm³/mol. The quantitative estimate of drug-likeness (QED) is 0.765. The molecule has 19 heavy (non-hydrogen) atoms. The van der Waals surface area contributed by atoms with E-state index in [1.165, 1.54) is 24.8 Å². The normalized spacial score (nSPS) is 25.7. The van der Waals surface area contributed by atoms with E-state index in [1.54, 1.807) is 0 Å². The van der Waals surface area contributed by atoms with Crippen LogP contribution in [0.25, 0.3) is 0 Å². The third-order valence-corrected chi connectivity index (χ3v) is 4.70. The third kappa shape index (κ3) is 2.54. The van der Waals surface area contributed by atoms with Crippen molar-refractivity contribution in [2.24, 2.45) is 11.8 Å². The van der Waals surface area contributed by atoms with Crippen LogP contribution in [-0.4, -0.2) is 12.4 Å². The van der Waals surface area contributed by atoms with Crippen LogP contribution in [-0.2, 0) is 6.42 Å². The first-order valence-electron chi connectivity index (χ1n) is 7.58. The van der Waals surface area contributed by atoms with E-state index >= 15 is 0 Å². The first kappa shape index (κ1) is 12.7. The lowest BCUT2D eigenvalue weighted by Gasteiger charge is -2.27. The summed E-state index contributed by atoms with van der Waals surface area (Å²) in [7, 11) is 0. The maximum absolute atomic E-state index is 12.6. The van der Waals surface area contributed by atoms with Gasteiger partial charge in [-0.3, -0.25) is 4.79 Å². The van der Waals surface area contributed by atoms with Crippen LogP contribution in [0.2, 0.25) is 0 Å². The van der Waals surface area contributed by atoms with Gasteiger partial charge in [0.05, 0.1) is 6.61 Å². The Bertz CT molecular complexity index is 478. The van der Waals surface area contributed by atoms with E-state index in [0.717, 1.165) is 43.1 Å². The minimum Gasteiger partial charge on any atom is -0.493 e. The number of carbonyl (C=O) groups is 1. The molecular weight excluding hydrogens is 236 g/mol. The fraction of sp³-hybridized carbons (Fsp3) is 0.588. The fourth-order valence-corrected chi connectivity index (χ4v) is 3.48. The summed E-state index contributed by atoms with van der Waals surface area (Å²) in [4.78, 5) is 12.6. The van der Waals surface area contributed by atoms with Gasteiger partial charge in [-0.25, -0.2) is 0 Å². The molecule has 0 radical (unpaired) electrons. The molecule has 0 spiro atoms. The van der Waals surface area contributed by atoms with Crippen molar-refractivity contribution in [1.29, 1.82) is 0 Å². The van der Waals surface area contributed by atoms with Crippen LogP contribution in [0.5, 0.6) is 5.75 Å². The van der Waals surface area contributed by atoms with Gasteiger partial charge in [-0.15, -0.1) is 0 Å². The molecule has 1 fully saturated rings. The number of benzene rings is 1. The molecule has 102 valence electrons. The standard InChI is InChI=1S/C17H22O2/c1-2-12-4-3-5-14(10-12)17(18)15-6-7-16-13(11-15)8-9-19-16/h6-7,11-12,14H,2-5,8-10H2,1H3. The number of ether oxygens (including phenoxy) is 1. The highest BCUT2D eigenvalue weighted by molar-refractivity contribution is 5.98. The van der Waals surface area contributed by atoms with Gasteiger partial charge in [-0.2, -0.15) is 0 Å². The molecule has 1 saturated carbocycles. The highest BCUT2D eigenvalue weighted by atomic mass is 16.5. The van der Waals surface area contributed by atoms with Crippen molar-refractivity contribution < 1.29 is 9.53 Å². The Morgan fingerprint density at radius 1 is 1.37 bits per heavy atom. The molecule has 1 aliphatic heterocycles. The van der Waals surface area contributed by atoms with Crippen LogP contribution in [0.4, 0.5) is 0 Å². The Morgan fingerprint density at radius 2 is 2.26 bits per heavy atom. The van der Waals surface area contributed by atoms with Gasteiger partial charge < -0.3 is 4.74 Å². The summed E-state index contributed by atoms with van der Waals surface area (Å²) in [6.07, 6.45) is 6.83. The Hall–Kier alpha value is -1.31. The van der Waals surface area contributed by atoms with Crippen molar-refractivity contribution in [2.45, 2.75) is 45.4 Å². The molecule has 0 amide bonds. The van der Waals surface area contributed by atoms with Gasteiger partial charge in [0.15, 0.2) is 5.78 Å². The zero-order valence-corrected chi connectivity index (χ0v) is 11.7. The van der Waals surface area contributed by atoms with E-state index < -0.39 is 0 Å². The van der Waals surface area contributed by atoms with E-state index in [-0.39, 0.29) is 5.92 Å². The highest BCUT2D eigenvalue weighted by Crippen LogP contribution is 2.34. The van der Waals surface area contributed by atoms with E-state index in [0.29, 0.717) is 5.78 Å². The van der Waals surface area contributed by atoms with Crippen LogP contribution in [0.3, 0.4) is 0 Å². The molecular formula is C17H22O2. The molecule has 2 unspecified atom stereocenters. The molecule has 2 atom stereocenters. The molecule has 0 saturated heterocycles. The summed E-state index contributed by atoms with van der Waals surface area (Å²) in [5.74, 6) is 2.32. The van der Waals surface area contributed by atoms with E-state index in [1.807, 2.05) is 12.1 Å². The van der Waals surface area contributed by atoms with Crippen LogP contribution in [0.1, 0.15) is 54.9 Å². The van der Waals surface area contributed by atoms with Crippen molar-refractivity contribution in [2.75, 3.05) is 6.61 Å². The first-order chi connectivity index (χ1) is 9.28. The van der Waals surface area contributed by atoms with Gasteiger partial charge in [-0.05, 0) is 42.5 Å². The second-order valence-electron chi connectivity index (χ2n) is 5.92. The number of hydrogen-bond acceptors (Lipinski definition) is 2. The molecule has 2 heteroatoms. The summed E-state index contributed by atoms with van der Waals surface area (Å²) < 4.78 is 5.50. The molecule has 1 aromatic carbocycles. The summed E-state index contributed by atoms with van der Waals surface area (Å²) in [5, 5.41) is 0. The zero-order chi connectivity index (χ0) is 13.2. The molecule has 1 aromatic rings. The molecule has 0 bridgehead atoms. The molecule has 1 heterocycles. The number of rotatable bonds is 3. The maximum atomic E-state index is 12.6. The van der Waals surface area contributed by atoms with Gasteiger partial charge >= 0.3 is 0 Å². The smallest absolute Gasteiger partial charge is 0.165 e. The highest BCUT2D eigenvalue weighted by Gasteiger charge is 2.27. The molecule has 2 aliphatic rings. The van der Waals surface area contributed by atoms with Crippen molar-refractivity contribution in [1.82, 2.24) is 0 Å². The van der Waals surface area contributed by atoms with E-state index in [2.05, 4.69) is 13.0 Å². The van der Waals surface area contributed by atoms with Crippen molar-refractivity contribution in [3.63, 3.8) is 0 Å². The van der Waals surface area contributed by atoms with Crippen molar-refractivity contribution in [3.05, 3.63) is 29.3 Å². The Kier molecular flexibility index (Phi) is 3.58. The summed E-state index contributed by atoms with van der Waals surface area (Å²) in [5.41, 5.74) is 2.10. The molecule has 2 nitrogen and oxygen atoms in total. The topological polar surface area (TPSA) is 26.3 Å². The lowest BCUT2D eigenvalue weighted by Crippen LogP contribution is -2.22. The van der Waals surface area contributed by atoms with E-state index in [4.69, 9.17) is 4.74 Å². The summed E-state index contributed by atoms with van der Waals surface area (Å²) in [6.45, 7) is 3.00. The lowest BCUT2D eigenvalue weighted by molar-refractivity contribution is 0.0862. The average Bonchev–Trinajstić information content (AvgIpc) is 2.94. The minimum atomic E-state index is 0.249. The number of hydrogen-bond donors (Lipinski definition) is 0. The van der Waals surface area contributed by atoms with Crippen LogP contribution >= 0.6 is 0 Å². The number of Topliss-reactive ketones (excluding diaryl/α,β-unsaturated/α-hetero) is 1. The Labute approximate surface area is 115 Å². The van der Waals surface area contributed by atoms with Gasteiger partial charge in [0.2, 0.25) is 0 Å². The summed E-state index contributed by atoms with van der Waals surface area (Å²) in [6, 6.07) is 5.97. The summed E-state index contributed by atoms with van der Waals surface area (Å²) >= 11 is 0. The van der Waals surface area contributed by atoms with Gasteiger partial charge in [-0.1, -0.05) is 26.2 Å². The van der Waals surface area contributed by atoms with Gasteiger partial charge in [0.1, 0.15) is 5.75 Å². The van der Waals surface area contributed by atoms with Gasteiger partial charge in [0.25, 0.3) is 0 Å². The zero-order valence-electron chi connectivity index (χ0n) is 11.7. The lowest BCUT2D eigenvalue weighted by atomic mass is 9.77. The van der Waals surface area contributed by atoms with Crippen molar-refractivity contribution in [3.8, 4) is 5.75 Å². The predicted octanol–water partition coefficient (Wildman–Crippen LogP) is 4.02. The van der Waals surface area contributed by atoms with Gasteiger partial charge in [0, 0.05) is 17.9 Å². The minimum absolute atomic E-state index is 0.249. The average molecular weight is 258 g/mol. The van der Waals surface area contributed by atoms with Crippen LogP contribution < -0.4 is 4.74 Å². The second-order valence-corrected chi connectivity index (χ2v) is 5.92. The maximum Gasteiger partial charge on any atom is 0.165 e. The fourth-order valence-electron chi connectivity index (χ4n) is 3.48. The molecule has 0 N–H and O–H groups in total. The number of fused-ring (bicyclic) bond motifs is 1. The SMILES string of the molecule is CCC1CCCC(C(=O)c2ccc3c(c2)CCO3)C1. The largest absolute Gasteiger partial charge is 0.493 e. The number of ketones is 1. The molecule has 0 aromatic heterocycles. The monoisotopic (exact) mass is 258 g/mol. The van der Waals surface area contributed by atoms with Crippen LogP contribution in [0, 0.1) is 11.8 Å². The van der Waals surface area contributed by atoms with Crippen LogP contribution in [0.15, 0.2) is 18.2 Å². The first-order valence-corrected chi connectivity index (χ1v) is 7.58. The van der Waals surface area contributed by atoms with E-state index in [9.17, 15) is 4.79 Å².